The summed E-state index contributed by atoms with van der Waals surface area (Å²) in [7, 11) is -3.65. The van der Waals surface area contributed by atoms with E-state index in [1.54, 1.807) is 30.3 Å². The van der Waals surface area contributed by atoms with Gasteiger partial charge in [0.25, 0.3) is 10.0 Å². The minimum atomic E-state index is -3.65. The molecule has 2 aromatic carbocycles. The van der Waals surface area contributed by atoms with Gasteiger partial charge in [0.2, 0.25) is 5.91 Å². The number of hydrogen-bond donors (Lipinski definition) is 2. The van der Waals surface area contributed by atoms with Gasteiger partial charge in [0.05, 0.1) is 10.6 Å². The molecule has 0 unspecified atom stereocenters. The van der Waals surface area contributed by atoms with Crippen LogP contribution in [0.15, 0.2) is 47.4 Å². The molecule has 0 aromatic heterocycles. The Hall–Kier alpha value is -1.99. The van der Waals surface area contributed by atoms with Crippen LogP contribution in [-0.4, -0.2) is 20.1 Å². The fourth-order valence-corrected chi connectivity index (χ4v) is 4.83. The summed E-state index contributed by atoms with van der Waals surface area (Å²) in [5, 5.41) is 2.72. The highest BCUT2D eigenvalue weighted by molar-refractivity contribution is 8.00. The standard InChI is InChI=1S/C17H18N2O3S2/c1-11-6-12(2)8-15(7-11)24(21,22)19-14-5-3-4-13(9-14)17-18-16(20)10-23-17/h3-9,17,19H,10H2,1-2H3,(H,18,20)/t17-/m0/s1. The number of carbonyl (C=O) groups is 1. The Labute approximate surface area is 145 Å². The zero-order valence-corrected chi connectivity index (χ0v) is 15.0. The lowest BCUT2D eigenvalue weighted by Gasteiger charge is -2.13. The highest BCUT2D eigenvalue weighted by Gasteiger charge is 2.23. The van der Waals surface area contributed by atoms with Crippen molar-refractivity contribution >= 4 is 33.4 Å². The summed E-state index contributed by atoms with van der Waals surface area (Å²) < 4.78 is 27.8. The first-order valence-corrected chi connectivity index (χ1v) is 9.99. The SMILES string of the molecule is Cc1cc(C)cc(S(=O)(=O)Nc2cccc([C@H]3NC(=O)CS3)c2)c1. The van der Waals surface area contributed by atoms with E-state index in [-0.39, 0.29) is 16.2 Å². The molecule has 1 heterocycles. The maximum absolute atomic E-state index is 12.6. The van der Waals surface area contributed by atoms with Gasteiger partial charge in [-0.15, -0.1) is 11.8 Å². The number of rotatable bonds is 4. The van der Waals surface area contributed by atoms with E-state index < -0.39 is 10.0 Å². The highest BCUT2D eigenvalue weighted by atomic mass is 32.2. The molecule has 5 nitrogen and oxygen atoms in total. The van der Waals surface area contributed by atoms with Crippen LogP contribution in [0.5, 0.6) is 0 Å². The van der Waals surface area contributed by atoms with E-state index in [1.165, 1.54) is 11.8 Å². The summed E-state index contributed by atoms with van der Waals surface area (Å²) in [4.78, 5) is 11.6. The van der Waals surface area contributed by atoms with E-state index in [0.717, 1.165) is 16.7 Å². The molecule has 1 saturated heterocycles. The zero-order chi connectivity index (χ0) is 17.3. The molecule has 2 N–H and O–H groups in total. The molecule has 3 rings (SSSR count). The normalized spacial score (nSPS) is 17.6. The van der Waals surface area contributed by atoms with Crippen molar-refractivity contribution in [2.45, 2.75) is 24.1 Å². The van der Waals surface area contributed by atoms with Gasteiger partial charge in [-0.05, 0) is 54.8 Å². The third kappa shape index (κ3) is 3.73. The summed E-state index contributed by atoms with van der Waals surface area (Å²) in [5.41, 5.74) is 3.14. The van der Waals surface area contributed by atoms with Gasteiger partial charge in [0.1, 0.15) is 5.37 Å². The van der Waals surface area contributed by atoms with Crippen molar-refractivity contribution in [3.8, 4) is 0 Å². The molecule has 7 heteroatoms. The Morgan fingerprint density at radius 2 is 1.83 bits per heavy atom. The maximum atomic E-state index is 12.6. The second-order valence-electron chi connectivity index (χ2n) is 5.81. The topological polar surface area (TPSA) is 75.3 Å². The van der Waals surface area contributed by atoms with Crippen molar-refractivity contribution in [1.82, 2.24) is 5.32 Å². The number of amides is 1. The molecular weight excluding hydrogens is 344 g/mol. The zero-order valence-electron chi connectivity index (χ0n) is 13.4. The first-order valence-electron chi connectivity index (χ1n) is 7.45. The summed E-state index contributed by atoms with van der Waals surface area (Å²) >= 11 is 1.49. The van der Waals surface area contributed by atoms with Crippen LogP contribution in [0.3, 0.4) is 0 Å². The fraction of sp³-hybridized carbons (Fsp3) is 0.235. The Balaban J connectivity index is 1.86. The minimum absolute atomic E-state index is 0.00813. The molecular formula is C17H18N2O3S2. The minimum Gasteiger partial charge on any atom is -0.339 e. The molecule has 0 saturated carbocycles. The molecule has 0 spiro atoms. The summed E-state index contributed by atoms with van der Waals surface area (Å²) in [6.45, 7) is 3.74. The third-order valence-electron chi connectivity index (χ3n) is 3.62. The van der Waals surface area contributed by atoms with E-state index in [9.17, 15) is 13.2 Å². The molecule has 0 bridgehead atoms. The lowest BCUT2D eigenvalue weighted by molar-refractivity contribution is -0.118. The van der Waals surface area contributed by atoms with E-state index in [2.05, 4.69) is 10.0 Å². The molecule has 1 atom stereocenters. The number of carbonyl (C=O) groups excluding carboxylic acids is 1. The Morgan fingerprint density at radius 1 is 1.12 bits per heavy atom. The van der Waals surface area contributed by atoms with Crippen molar-refractivity contribution in [2.24, 2.45) is 0 Å². The average molecular weight is 362 g/mol. The predicted octanol–water partition coefficient (Wildman–Crippen LogP) is 2.97. The molecule has 24 heavy (non-hydrogen) atoms. The quantitative estimate of drug-likeness (QED) is 0.877. The molecule has 2 aromatic rings. The van der Waals surface area contributed by atoms with E-state index in [4.69, 9.17) is 0 Å². The predicted molar refractivity (Wildman–Crippen MR) is 96.5 cm³/mol. The lowest BCUT2D eigenvalue weighted by Crippen LogP contribution is -2.19. The third-order valence-corrected chi connectivity index (χ3v) is 6.13. The monoisotopic (exact) mass is 362 g/mol. The van der Waals surface area contributed by atoms with Crippen LogP contribution in [0.1, 0.15) is 22.1 Å². The van der Waals surface area contributed by atoms with Gasteiger partial charge in [-0.2, -0.15) is 0 Å². The Morgan fingerprint density at radius 3 is 2.46 bits per heavy atom. The smallest absolute Gasteiger partial charge is 0.261 e. The van der Waals surface area contributed by atoms with Gasteiger partial charge in [-0.3, -0.25) is 9.52 Å². The highest BCUT2D eigenvalue weighted by Crippen LogP contribution is 2.32. The molecule has 1 aliphatic rings. The van der Waals surface area contributed by atoms with Crippen molar-refractivity contribution in [3.05, 3.63) is 59.2 Å². The van der Waals surface area contributed by atoms with Crippen molar-refractivity contribution in [1.29, 1.82) is 0 Å². The summed E-state index contributed by atoms with van der Waals surface area (Å²) in [6, 6.07) is 12.3. The fourth-order valence-electron chi connectivity index (χ4n) is 2.64. The van der Waals surface area contributed by atoms with Gasteiger partial charge < -0.3 is 5.32 Å². The van der Waals surface area contributed by atoms with Gasteiger partial charge in [0, 0.05) is 5.69 Å². The van der Waals surface area contributed by atoms with E-state index in [1.807, 2.05) is 26.0 Å². The number of hydrogen-bond acceptors (Lipinski definition) is 4. The number of benzene rings is 2. The number of anilines is 1. The lowest BCUT2D eigenvalue weighted by atomic mass is 10.2. The molecule has 0 aliphatic carbocycles. The molecule has 0 radical (unpaired) electrons. The largest absolute Gasteiger partial charge is 0.339 e. The number of sulfonamides is 1. The van der Waals surface area contributed by atoms with Crippen molar-refractivity contribution in [2.75, 3.05) is 10.5 Å². The van der Waals surface area contributed by atoms with Gasteiger partial charge in [0.15, 0.2) is 0 Å². The second-order valence-corrected chi connectivity index (χ2v) is 8.59. The van der Waals surface area contributed by atoms with E-state index in [0.29, 0.717) is 11.4 Å². The van der Waals surface area contributed by atoms with Gasteiger partial charge >= 0.3 is 0 Å². The Kier molecular flexibility index (Phi) is 4.56. The molecule has 1 fully saturated rings. The first kappa shape index (κ1) is 16.9. The van der Waals surface area contributed by atoms with Crippen LogP contribution in [0.4, 0.5) is 5.69 Å². The van der Waals surface area contributed by atoms with Crippen LogP contribution in [0.2, 0.25) is 0 Å². The average Bonchev–Trinajstić information content (AvgIpc) is 2.93. The van der Waals surface area contributed by atoms with Gasteiger partial charge in [-0.1, -0.05) is 18.2 Å². The number of aryl methyl sites for hydroxylation is 2. The maximum Gasteiger partial charge on any atom is 0.261 e. The molecule has 126 valence electrons. The van der Waals surface area contributed by atoms with Gasteiger partial charge in [-0.25, -0.2) is 8.42 Å². The second kappa shape index (κ2) is 6.49. The summed E-state index contributed by atoms with van der Waals surface area (Å²) in [5.74, 6) is 0.412. The number of thioether (sulfide) groups is 1. The van der Waals surface area contributed by atoms with Crippen LogP contribution in [-0.2, 0) is 14.8 Å². The molecule has 1 aliphatic heterocycles. The van der Waals surface area contributed by atoms with Crippen molar-refractivity contribution < 1.29 is 13.2 Å². The molecule has 1 amide bonds. The van der Waals surface area contributed by atoms with Crippen LogP contribution in [0.25, 0.3) is 0 Å². The van der Waals surface area contributed by atoms with Crippen LogP contribution < -0.4 is 10.0 Å². The van der Waals surface area contributed by atoms with Crippen LogP contribution in [0, 0.1) is 13.8 Å². The summed E-state index contributed by atoms with van der Waals surface area (Å²) in [6.07, 6.45) is 0. The van der Waals surface area contributed by atoms with E-state index >= 15 is 0 Å². The number of nitrogens with one attached hydrogen (secondary N) is 2. The first-order chi connectivity index (χ1) is 11.3. The van der Waals surface area contributed by atoms with Crippen molar-refractivity contribution in [3.63, 3.8) is 0 Å². The Bertz CT molecular complexity index is 874. The van der Waals surface area contributed by atoms with Crippen LogP contribution >= 0.6 is 11.8 Å².